The van der Waals surface area contributed by atoms with Crippen LogP contribution in [0, 0.1) is 9.49 Å². The minimum atomic E-state index is 0.267. The van der Waals surface area contributed by atoms with Crippen LogP contribution in [0.1, 0.15) is 56.3 Å². The van der Waals surface area contributed by atoms with Gasteiger partial charge < -0.3 is 0 Å². The first-order valence-electron chi connectivity index (χ1n) is 6.56. The van der Waals surface area contributed by atoms with E-state index in [9.17, 15) is 4.79 Å². The molecule has 0 aliphatic heterocycles. The number of rotatable bonds is 7. The molecule has 0 spiro atoms. The van der Waals surface area contributed by atoms with Gasteiger partial charge in [-0.1, -0.05) is 55.5 Å². The average Bonchev–Trinajstić information content (AvgIpc) is 2.37. The molecule has 0 amide bonds. The van der Waals surface area contributed by atoms with Gasteiger partial charge in [0, 0.05) is 20.0 Å². The molecule has 0 bridgehead atoms. The average molecular weight is 423 g/mol. The van der Waals surface area contributed by atoms with E-state index in [4.69, 9.17) is 0 Å². The molecule has 0 aromatic heterocycles. The molecule has 1 unspecified atom stereocenters. The first kappa shape index (κ1) is 16.2. The van der Waals surface area contributed by atoms with Crippen LogP contribution >= 0.6 is 38.5 Å². The van der Waals surface area contributed by atoms with Crippen LogP contribution in [0.4, 0.5) is 0 Å². The zero-order valence-electron chi connectivity index (χ0n) is 11.0. The van der Waals surface area contributed by atoms with E-state index < -0.39 is 0 Å². The Morgan fingerprint density at radius 3 is 2.72 bits per heavy atom. The molecule has 18 heavy (non-hydrogen) atoms. The lowest BCUT2D eigenvalue weighted by Gasteiger charge is -2.14. The molecule has 0 aliphatic rings. The van der Waals surface area contributed by atoms with Crippen LogP contribution in [0.15, 0.2) is 22.7 Å². The molecule has 1 atom stereocenters. The highest BCUT2D eigenvalue weighted by molar-refractivity contribution is 14.1. The van der Waals surface area contributed by atoms with E-state index >= 15 is 0 Å². The standard InChI is InChI=1S/C15H20BrIO/c1-3-5-6-11(4-2)9-15(18)13-10-12(17)7-8-14(13)16/h7-8,10-11H,3-6,9H2,1-2H3. The Bertz CT molecular complexity index is 403. The highest BCUT2D eigenvalue weighted by Crippen LogP contribution is 2.25. The second-order valence-corrected chi connectivity index (χ2v) is 6.77. The summed E-state index contributed by atoms with van der Waals surface area (Å²) in [5, 5.41) is 0. The SMILES string of the molecule is CCCCC(CC)CC(=O)c1cc(I)ccc1Br. The first-order valence-corrected chi connectivity index (χ1v) is 8.43. The lowest BCUT2D eigenvalue weighted by Crippen LogP contribution is -2.09. The predicted molar refractivity (Wildman–Crippen MR) is 89.1 cm³/mol. The number of halogens is 2. The summed E-state index contributed by atoms with van der Waals surface area (Å²) in [6, 6.07) is 5.94. The molecule has 3 heteroatoms. The number of hydrogen-bond acceptors (Lipinski definition) is 1. The summed E-state index contributed by atoms with van der Waals surface area (Å²) in [7, 11) is 0. The largest absolute Gasteiger partial charge is 0.294 e. The number of ketones is 1. The Morgan fingerprint density at radius 1 is 1.39 bits per heavy atom. The molecule has 0 N–H and O–H groups in total. The van der Waals surface area contributed by atoms with Crippen molar-refractivity contribution in [2.24, 2.45) is 5.92 Å². The van der Waals surface area contributed by atoms with Crippen LogP contribution in [-0.4, -0.2) is 5.78 Å². The molecule has 0 saturated carbocycles. The van der Waals surface area contributed by atoms with Gasteiger partial charge in [-0.05, 0) is 46.7 Å². The third-order valence-electron chi connectivity index (χ3n) is 3.25. The van der Waals surface area contributed by atoms with Crippen molar-refractivity contribution in [2.75, 3.05) is 0 Å². The summed E-state index contributed by atoms with van der Waals surface area (Å²) in [4.78, 5) is 12.3. The molecule has 0 aliphatic carbocycles. The highest BCUT2D eigenvalue weighted by Gasteiger charge is 2.16. The normalized spacial score (nSPS) is 12.4. The van der Waals surface area contributed by atoms with Crippen molar-refractivity contribution in [1.29, 1.82) is 0 Å². The van der Waals surface area contributed by atoms with Gasteiger partial charge in [-0.15, -0.1) is 0 Å². The van der Waals surface area contributed by atoms with Crippen LogP contribution < -0.4 is 0 Å². The molecule has 0 fully saturated rings. The molecule has 0 radical (unpaired) electrons. The van der Waals surface area contributed by atoms with Crippen molar-refractivity contribution >= 4 is 44.3 Å². The molecule has 1 rings (SSSR count). The number of hydrogen-bond donors (Lipinski definition) is 0. The van der Waals surface area contributed by atoms with Gasteiger partial charge in [0.1, 0.15) is 0 Å². The van der Waals surface area contributed by atoms with Crippen LogP contribution in [0.5, 0.6) is 0 Å². The molecule has 0 saturated heterocycles. The van der Waals surface area contributed by atoms with E-state index in [1.807, 2.05) is 18.2 Å². The van der Waals surface area contributed by atoms with Crippen molar-refractivity contribution in [3.63, 3.8) is 0 Å². The first-order chi connectivity index (χ1) is 8.58. The Labute approximate surface area is 132 Å². The van der Waals surface area contributed by atoms with Crippen molar-refractivity contribution in [1.82, 2.24) is 0 Å². The summed E-state index contributed by atoms with van der Waals surface area (Å²) in [6.45, 7) is 4.38. The molecular weight excluding hydrogens is 403 g/mol. The van der Waals surface area contributed by atoms with E-state index in [1.165, 1.54) is 19.3 Å². The smallest absolute Gasteiger partial charge is 0.164 e. The maximum atomic E-state index is 12.3. The second-order valence-electron chi connectivity index (χ2n) is 4.67. The van der Waals surface area contributed by atoms with E-state index in [2.05, 4.69) is 52.4 Å². The maximum Gasteiger partial charge on any atom is 0.164 e. The predicted octanol–water partition coefficient (Wildman–Crippen LogP) is 5.84. The summed E-state index contributed by atoms with van der Waals surface area (Å²) in [5.74, 6) is 0.797. The quantitative estimate of drug-likeness (QED) is 0.398. The number of carbonyl (C=O) groups is 1. The van der Waals surface area contributed by atoms with E-state index in [0.717, 1.165) is 20.0 Å². The Balaban J connectivity index is 2.71. The van der Waals surface area contributed by atoms with E-state index in [1.54, 1.807) is 0 Å². The molecule has 1 aromatic rings. The van der Waals surface area contributed by atoms with Crippen LogP contribution in [0.25, 0.3) is 0 Å². The zero-order valence-corrected chi connectivity index (χ0v) is 14.8. The molecular formula is C15H20BrIO. The number of Topliss-reactive ketones (excluding diaryl/α,β-unsaturated/α-hetero) is 1. The lowest BCUT2D eigenvalue weighted by atomic mass is 9.91. The Morgan fingerprint density at radius 2 is 2.11 bits per heavy atom. The third kappa shape index (κ3) is 5.00. The van der Waals surface area contributed by atoms with Crippen molar-refractivity contribution in [3.8, 4) is 0 Å². The minimum absolute atomic E-state index is 0.267. The van der Waals surface area contributed by atoms with Gasteiger partial charge in [0.25, 0.3) is 0 Å². The van der Waals surface area contributed by atoms with Gasteiger partial charge in [-0.2, -0.15) is 0 Å². The summed E-state index contributed by atoms with van der Waals surface area (Å²) in [6.07, 6.45) is 5.36. The Hall–Kier alpha value is 0.1000. The third-order valence-corrected chi connectivity index (χ3v) is 4.61. The van der Waals surface area contributed by atoms with Gasteiger partial charge >= 0.3 is 0 Å². The monoisotopic (exact) mass is 422 g/mol. The number of benzene rings is 1. The fourth-order valence-corrected chi connectivity index (χ4v) is 2.99. The van der Waals surface area contributed by atoms with Crippen LogP contribution in [0.3, 0.4) is 0 Å². The van der Waals surface area contributed by atoms with Gasteiger partial charge in [-0.25, -0.2) is 0 Å². The summed E-state index contributed by atoms with van der Waals surface area (Å²) in [5.41, 5.74) is 0.830. The van der Waals surface area contributed by atoms with Crippen LogP contribution in [0.2, 0.25) is 0 Å². The fourth-order valence-electron chi connectivity index (χ4n) is 2.03. The lowest BCUT2D eigenvalue weighted by molar-refractivity contribution is 0.0956. The second kappa shape index (κ2) is 8.31. The van der Waals surface area contributed by atoms with E-state index in [-0.39, 0.29) is 5.78 Å². The van der Waals surface area contributed by atoms with Gasteiger partial charge in [0.2, 0.25) is 0 Å². The maximum absolute atomic E-state index is 12.3. The van der Waals surface area contributed by atoms with Gasteiger partial charge in [-0.3, -0.25) is 4.79 Å². The zero-order chi connectivity index (χ0) is 13.5. The minimum Gasteiger partial charge on any atom is -0.294 e. The van der Waals surface area contributed by atoms with Crippen LogP contribution in [-0.2, 0) is 0 Å². The summed E-state index contributed by atoms with van der Waals surface area (Å²) < 4.78 is 2.03. The summed E-state index contributed by atoms with van der Waals surface area (Å²) >= 11 is 5.72. The van der Waals surface area contributed by atoms with Gasteiger partial charge in [0.05, 0.1) is 0 Å². The molecule has 1 aromatic carbocycles. The topological polar surface area (TPSA) is 17.1 Å². The molecule has 0 heterocycles. The highest BCUT2D eigenvalue weighted by atomic mass is 127. The Kier molecular flexibility index (Phi) is 7.46. The van der Waals surface area contributed by atoms with Crippen molar-refractivity contribution < 1.29 is 4.79 Å². The number of unbranched alkanes of at least 4 members (excludes halogenated alkanes) is 1. The van der Waals surface area contributed by atoms with Crippen molar-refractivity contribution in [2.45, 2.75) is 46.0 Å². The number of carbonyl (C=O) groups excluding carboxylic acids is 1. The molecule has 100 valence electrons. The van der Waals surface area contributed by atoms with E-state index in [0.29, 0.717) is 12.3 Å². The fraction of sp³-hybridized carbons (Fsp3) is 0.533. The molecule has 1 nitrogen and oxygen atoms in total. The van der Waals surface area contributed by atoms with Crippen molar-refractivity contribution in [3.05, 3.63) is 31.8 Å². The van der Waals surface area contributed by atoms with Gasteiger partial charge in [0.15, 0.2) is 5.78 Å².